The van der Waals surface area contributed by atoms with Crippen LogP contribution in [-0.4, -0.2) is 24.7 Å². The van der Waals surface area contributed by atoms with E-state index in [1.165, 1.54) is 12.8 Å². The van der Waals surface area contributed by atoms with Crippen LogP contribution in [0.3, 0.4) is 0 Å². The first-order valence-corrected chi connectivity index (χ1v) is 5.54. The van der Waals surface area contributed by atoms with Crippen LogP contribution < -0.4 is 5.32 Å². The summed E-state index contributed by atoms with van der Waals surface area (Å²) in [4.78, 5) is 11.3. The fraction of sp³-hybridized carbons (Fsp3) is 0.909. The number of rotatable bonds is 6. The van der Waals surface area contributed by atoms with Gasteiger partial charge in [0.1, 0.15) is 6.61 Å². The van der Waals surface area contributed by atoms with Crippen molar-refractivity contribution in [3.63, 3.8) is 0 Å². The summed E-state index contributed by atoms with van der Waals surface area (Å²) >= 11 is 0. The standard InChI is InChI=1S/C11H21NO2/c1-4-5-9-6-10(9)12-11(13)7-14-8(2)3/h8-10H,4-7H2,1-3H3,(H,12,13). The molecule has 0 aromatic rings. The first kappa shape index (κ1) is 11.5. The van der Waals surface area contributed by atoms with E-state index in [1.54, 1.807) is 0 Å². The summed E-state index contributed by atoms with van der Waals surface area (Å²) in [6.45, 7) is 6.25. The summed E-state index contributed by atoms with van der Waals surface area (Å²) in [6, 6.07) is 0.429. The van der Waals surface area contributed by atoms with E-state index in [0.717, 1.165) is 12.3 Å². The zero-order valence-corrected chi connectivity index (χ0v) is 9.38. The topological polar surface area (TPSA) is 38.3 Å². The Bertz CT molecular complexity index is 192. The lowest BCUT2D eigenvalue weighted by atomic mass is 10.2. The molecule has 1 N–H and O–H groups in total. The highest BCUT2D eigenvalue weighted by atomic mass is 16.5. The van der Waals surface area contributed by atoms with Crippen LogP contribution in [-0.2, 0) is 9.53 Å². The summed E-state index contributed by atoms with van der Waals surface area (Å²) < 4.78 is 5.22. The molecule has 2 unspecified atom stereocenters. The van der Waals surface area contributed by atoms with Crippen LogP contribution in [0.2, 0.25) is 0 Å². The summed E-state index contributed by atoms with van der Waals surface area (Å²) in [5.74, 6) is 0.755. The minimum atomic E-state index is 0.0299. The van der Waals surface area contributed by atoms with E-state index in [-0.39, 0.29) is 18.6 Å². The van der Waals surface area contributed by atoms with E-state index in [9.17, 15) is 4.79 Å². The molecule has 3 heteroatoms. The van der Waals surface area contributed by atoms with Gasteiger partial charge in [0.15, 0.2) is 0 Å². The van der Waals surface area contributed by atoms with Gasteiger partial charge in [-0.15, -0.1) is 0 Å². The third-order valence-electron chi connectivity index (χ3n) is 2.48. The lowest BCUT2D eigenvalue weighted by molar-refractivity contribution is -0.127. The van der Waals surface area contributed by atoms with Crippen LogP contribution in [0, 0.1) is 5.92 Å². The average molecular weight is 199 g/mol. The van der Waals surface area contributed by atoms with Crippen LogP contribution in [0.25, 0.3) is 0 Å². The van der Waals surface area contributed by atoms with Gasteiger partial charge in [-0.2, -0.15) is 0 Å². The van der Waals surface area contributed by atoms with E-state index in [4.69, 9.17) is 4.74 Å². The zero-order valence-electron chi connectivity index (χ0n) is 9.38. The van der Waals surface area contributed by atoms with E-state index in [0.29, 0.717) is 6.04 Å². The van der Waals surface area contributed by atoms with Gasteiger partial charge in [0.05, 0.1) is 6.10 Å². The molecule has 0 radical (unpaired) electrons. The quantitative estimate of drug-likeness (QED) is 0.707. The largest absolute Gasteiger partial charge is 0.369 e. The second-order valence-electron chi connectivity index (χ2n) is 4.32. The molecule has 1 saturated carbocycles. The summed E-state index contributed by atoms with van der Waals surface area (Å²) in [6.07, 6.45) is 3.72. The number of carbonyl (C=O) groups excluding carboxylic acids is 1. The van der Waals surface area contributed by atoms with E-state index in [2.05, 4.69) is 12.2 Å². The molecule has 0 aromatic carbocycles. The molecular weight excluding hydrogens is 178 g/mol. The minimum absolute atomic E-state index is 0.0299. The highest BCUT2D eigenvalue weighted by molar-refractivity contribution is 5.77. The number of hydrogen-bond donors (Lipinski definition) is 1. The monoisotopic (exact) mass is 199 g/mol. The first-order chi connectivity index (χ1) is 6.63. The second-order valence-corrected chi connectivity index (χ2v) is 4.32. The lowest BCUT2D eigenvalue weighted by Gasteiger charge is -2.07. The molecule has 0 heterocycles. The van der Waals surface area contributed by atoms with Crippen LogP contribution in [0.5, 0.6) is 0 Å². The molecule has 1 amide bonds. The maximum atomic E-state index is 11.3. The van der Waals surface area contributed by atoms with Crippen molar-refractivity contribution in [2.45, 2.75) is 52.2 Å². The predicted octanol–water partition coefficient (Wildman–Crippen LogP) is 1.72. The summed E-state index contributed by atoms with van der Waals surface area (Å²) in [7, 11) is 0. The Morgan fingerprint density at radius 1 is 1.57 bits per heavy atom. The van der Waals surface area contributed by atoms with Gasteiger partial charge in [-0.3, -0.25) is 4.79 Å². The van der Waals surface area contributed by atoms with E-state index >= 15 is 0 Å². The molecule has 1 fully saturated rings. The molecule has 0 aliphatic heterocycles. The van der Waals surface area contributed by atoms with Gasteiger partial charge in [0, 0.05) is 6.04 Å². The number of carbonyl (C=O) groups is 1. The van der Waals surface area contributed by atoms with Gasteiger partial charge in [-0.05, 0) is 32.6 Å². The van der Waals surface area contributed by atoms with Crippen molar-refractivity contribution < 1.29 is 9.53 Å². The summed E-state index contributed by atoms with van der Waals surface area (Å²) in [5, 5.41) is 2.98. The van der Waals surface area contributed by atoms with Crippen LogP contribution in [0.15, 0.2) is 0 Å². The maximum Gasteiger partial charge on any atom is 0.246 e. The average Bonchev–Trinajstić information content (AvgIpc) is 2.81. The Kier molecular flexibility index (Phi) is 4.39. The second kappa shape index (κ2) is 5.35. The Labute approximate surface area is 86.2 Å². The molecule has 2 atom stereocenters. The molecular formula is C11H21NO2. The number of ether oxygens (including phenoxy) is 1. The molecule has 1 aliphatic carbocycles. The molecule has 82 valence electrons. The zero-order chi connectivity index (χ0) is 10.6. The van der Waals surface area contributed by atoms with Crippen molar-refractivity contribution in [2.24, 2.45) is 5.92 Å². The maximum absolute atomic E-state index is 11.3. The number of nitrogens with one attached hydrogen (secondary N) is 1. The van der Waals surface area contributed by atoms with Crippen molar-refractivity contribution >= 4 is 5.91 Å². The van der Waals surface area contributed by atoms with E-state index < -0.39 is 0 Å². The van der Waals surface area contributed by atoms with Crippen molar-refractivity contribution in [1.29, 1.82) is 0 Å². The molecule has 0 bridgehead atoms. The Morgan fingerprint density at radius 3 is 2.86 bits per heavy atom. The molecule has 1 aliphatic rings. The third kappa shape index (κ3) is 4.09. The molecule has 14 heavy (non-hydrogen) atoms. The fourth-order valence-corrected chi connectivity index (χ4v) is 1.61. The number of amides is 1. The molecule has 3 nitrogen and oxygen atoms in total. The van der Waals surface area contributed by atoms with Crippen molar-refractivity contribution in [1.82, 2.24) is 5.32 Å². The van der Waals surface area contributed by atoms with Crippen LogP contribution in [0.4, 0.5) is 0 Å². The smallest absolute Gasteiger partial charge is 0.246 e. The number of hydrogen-bond acceptors (Lipinski definition) is 2. The fourth-order valence-electron chi connectivity index (χ4n) is 1.61. The highest BCUT2D eigenvalue weighted by Crippen LogP contribution is 2.34. The van der Waals surface area contributed by atoms with Gasteiger partial charge in [0.2, 0.25) is 5.91 Å². The summed E-state index contributed by atoms with van der Waals surface area (Å²) in [5.41, 5.74) is 0. The highest BCUT2D eigenvalue weighted by Gasteiger charge is 2.36. The van der Waals surface area contributed by atoms with Crippen LogP contribution in [0.1, 0.15) is 40.0 Å². The van der Waals surface area contributed by atoms with Gasteiger partial charge in [-0.25, -0.2) is 0 Å². The SMILES string of the molecule is CCCC1CC1NC(=O)COC(C)C. The lowest BCUT2D eigenvalue weighted by Crippen LogP contribution is -2.31. The van der Waals surface area contributed by atoms with Crippen LogP contribution >= 0.6 is 0 Å². The normalized spacial score (nSPS) is 25.1. The van der Waals surface area contributed by atoms with Gasteiger partial charge in [-0.1, -0.05) is 13.3 Å². The van der Waals surface area contributed by atoms with Crippen molar-refractivity contribution in [3.8, 4) is 0 Å². The molecule has 0 spiro atoms. The molecule has 1 rings (SSSR count). The van der Waals surface area contributed by atoms with Gasteiger partial charge < -0.3 is 10.1 Å². The van der Waals surface area contributed by atoms with E-state index in [1.807, 2.05) is 13.8 Å². The Hall–Kier alpha value is -0.570. The van der Waals surface area contributed by atoms with Gasteiger partial charge >= 0.3 is 0 Å². The molecule has 0 saturated heterocycles. The third-order valence-corrected chi connectivity index (χ3v) is 2.48. The minimum Gasteiger partial charge on any atom is -0.369 e. The van der Waals surface area contributed by atoms with Crippen molar-refractivity contribution in [2.75, 3.05) is 6.61 Å². The first-order valence-electron chi connectivity index (χ1n) is 5.54. The Morgan fingerprint density at radius 2 is 2.29 bits per heavy atom. The molecule has 0 aromatic heterocycles. The Balaban J connectivity index is 2.05. The predicted molar refractivity (Wildman–Crippen MR) is 56.0 cm³/mol. The van der Waals surface area contributed by atoms with Gasteiger partial charge in [0.25, 0.3) is 0 Å². The van der Waals surface area contributed by atoms with Crippen molar-refractivity contribution in [3.05, 3.63) is 0 Å².